The van der Waals surface area contributed by atoms with Crippen LogP contribution in [-0.4, -0.2) is 32.0 Å². The van der Waals surface area contributed by atoms with Crippen molar-refractivity contribution in [2.75, 3.05) is 26.0 Å². The minimum Gasteiger partial charge on any atom is -0.315 e. The van der Waals surface area contributed by atoms with Crippen LogP contribution in [-0.2, 0) is 11.2 Å². The van der Waals surface area contributed by atoms with Gasteiger partial charge >= 0.3 is 0 Å². The van der Waals surface area contributed by atoms with Crippen LogP contribution in [0, 0.1) is 0 Å². The maximum atomic E-state index is 11.6. The van der Waals surface area contributed by atoms with E-state index in [0.29, 0.717) is 6.42 Å². The predicted octanol–water partition coefficient (Wildman–Crippen LogP) is 1.11. The molecule has 2 rings (SSSR count). The number of aryl methyl sites for hydroxylation is 1. The summed E-state index contributed by atoms with van der Waals surface area (Å²) >= 11 is 0. The summed E-state index contributed by atoms with van der Waals surface area (Å²) in [5, 5.41) is 0. The monoisotopic (exact) mass is 233 g/mol. The van der Waals surface area contributed by atoms with Crippen LogP contribution >= 0.6 is 0 Å². The van der Waals surface area contributed by atoms with Gasteiger partial charge in [0.05, 0.1) is 6.17 Å². The number of nitrogens with two attached hydrogens (primary N) is 1. The third-order valence-corrected chi connectivity index (χ3v) is 3.35. The molecular weight excluding hydrogens is 214 g/mol. The van der Waals surface area contributed by atoms with Crippen molar-refractivity contribution in [1.82, 2.24) is 4.90 Å². The minimum absolute atomic E-state index is 0.0942. The van der Waals surface area contributed by atoms with E-state index in [-0.39, 0.29) is 12.1 Å². The van der Waals surface area contributed by atoms with Crippen molar-refractivity contribution in [3.05, 3.63) is 29.3 Å². The molecule has 92 valence electrons. The van der Waals surface area contributed by atoms with Crippen molar-refractivity contribution in [3.8, 4) is 0 Å². The molecule has 1 unspecified atom stereocenters. The SMILES string of the molecule is CN1C(=O)CCc2cc(C(N)N(C)C)ccc21. The molecule has 2 N–H and O–H groups in total. The van der Waals surface area contributed by atoms with Crippen LogP contribution in [0.2, 0.25) is 0 Å². The van der Waals surface area contributed by atoms with Gasteiger partial charge in [0.25, 0.3) is 0 Å². The number of nitrogens with zero attached hydrogens (tertiary/aromatic N) is 2. The molecule has 1 atom stereocenters. The van der Waals surface area contributed by atoms with Crippen LogP contribution in [0.3, 0.4) is 0 Å². The zero-order valence-electron chi connectivity index (χ0n) is 10.6. The van der Waals surface area contributed by atoms with Gasteiger partial charge in [-0.2, -0.15) is 0 Å². The number of amides is 1. The Hall–Kier alpha value is -1.39. The molecule has 1 aliphatic heterocycles. The Labute approximate surface area is 102 Å². The molecule has 1 amide bonds. The van der Waals surface area contributed by atoms with Crippen molar-refractivity contribution >= 4 is 11.6 Å². The summed E-state index contributed by atoms with van der Waals surface area (Å²) in [6, 6.07) is 6.10. The van der Waals surface area contributed by atoms with E-state index < -0.39 is 0 Å². The summed E-state index contributed by atoms with van der Waals surface area (Å²) in [7, 11) is 5.74. The van der Waals surface area contributed by atoms with Crippen LogP contribution in [0.1, 0.15) is 23.7 Å². The lowest BCUT2D eigenvalue weighted by Crippen LogP contribution is -2.32. The van der Waals surface area contributed by atoms with E-state index in [4.69, 9.17) is 5.73 Å². The Kier molecular flexibility index (Phi) is 3.17. The second-order valence-corrected chi connectivity index (χ2v) is 4.75. The van der Waals surface area contributed by atoms with Gasteiger partial charge in [0, 0.05) is 19.2 Å². The third kappa shape index (κ3) is 2.18. The van der Waals surface area contributed by atoms with Gasteiger partial charge in [-0.05, 0) is 37.7 Å². The number of benzene rings is 1. The molecule has 1 aromatic carbocycles. The highest BCUT2D eigenvalue weighted by Crippen LogP contribution is 2.29. The summed E-state index contributed by atoms with van der Waals surface area (Å²) in [4.78, 5) is 15.3. The number of carbonyl (C=O) groups excluding carboxylic acids is 1. The molecule has 0 fully saturated rings. The maximum absolute atomic E-state index is 11.6. The van der Waals surface area contributed by atoms with Crippen LogP contribution < -0.4 is 10.6 Å². The molecule has 0 radical (unpaired) electrons. The Morgan fingerprint density at radius 1 is 1.35 bits per heavy atom. The zero-order chi connectivity index (χ0) is 12.6. The number of fused-ring (bicyclic) bond motifs is 1. The highest BCUT2D eigenvalue weighted by atomic mass is 16.2. The van der Waals surface area contributed by atoms with E-state index >= 15 is 0 Å². The number of rotatable bonds is 2. The molecule has 1 heterocycles. The summed E-state index contributed by atoms with van der Waals surface area (Å²) in [5.74, 6) is 0.183. The van der Waals surface area contributed by atoms with Crippen LogP contribution in [0.15, 0.2) is 18.2 Å². The molecule has 0 aliphatic carbocycles. The Morgan fingerprint density at radius 2 is 2.06 bits per heavy atom. The van der Waals surface area contributed by atoms with E-state index in [1.54, 1.807) is 4.90 Å². The first-order chi connectivity index (χ1) is 8.00. The highest BCUT2D eigenvalue weighted by Gasteiger charge is 2.21. The van der Waals surface area contributed by atoms with Crippen LogP contribution in [0.4, 0.5) is 5.69 Å². The fourth-order valence-electron chi connectivity index (χ4n) is 2.16. The van der Waals surface area contributed by atoms with Gasteiger partial charge in [0.1, 0.15) is 0 Å². The van der Waals surface area contributed by atoms with E-state index in [9.17, 15) is 4.79 Å². The molecule has 0 saturated heterocycles. The first kappa shape index (κ1) is 12.1. The van der Waals surface area contributed by atoms with Gasteiger partial charge in [-0.25, -0.2) is 0 Å². The lowest BCUT2D eigenvalue weighted by atomic mass is 9.98. The van der Waals surface area contributed by atoms with Crippen molar-refractivity contribution in [2.45, 2.75) is 19.0 Å². The van der Waals surface area contributed by atoms with Gasteiger partial charge in [0.15, 0.2) is 0 Å². The second kappa shape index (κ2) is 4.47. The molecule has 0 saturated carbocycles. The average Bonchev–Trinajstić information content (AvgIpc) is 2.32. The normalized spacial score (nSPS) is 17.2. The fraction of sp³-hybridized carbons (Fsp3) is 0.462. The minimum atomic E-state index is -0.0942. The standard InChI is InChI=1S/C13H19N3O/c1-15(2)13(14)10-4-6-11-9(8-10)5-7-12(17)16(11)3/h4,6,8,13H,5,7,14H2,1-3H3. The lowest BCUT2D eigenvalue weighted by molar-refractivity contribution is -0.118. The van der Waals surface area contributed by atoms with Crippen LogP contribution in [0.25, 0.3) is 0 Å². The van der Waals surface area contributed by atoms with Gasteiger partial charge in [-0.3, -0.25) is 9.69 Å². The quantitative estimate of drug-likeness (QED) is 0.779. The Bertz CT molecular complexity index is 442. The molecule has 4 heteroatoms. The molecule has 0 spiro atoms. The molecule has 1 aromatic rings. The molecule has 0 aromatic heterocycles. The molecule has 1 aliphatic rings. The van der Waals surface area contributed by atoms with E-state index in [1.165, 1.54) is 5.56 Å². The molecule has 0 bridgehead atoms. The largest absolute Gasteiger partial charge is 0.315 e. The van der Waals surface area contributed by atoms with E-state index in [1.807, 2.05) is 38.2 Å². The van der Waals surface area contributed by atoms with Gasteiger partial charge in [-0.15, -0.1) is 0 Å². The van der Waals surface area contributed by atoms with E-state index in [2.05, 4.69) is 6.07 Å². The number of anilines is 1. The average molecular weight is 233 g/mol. The summed E-state index contributed by atoms with van der Waals surface area (Å²) < 4.78 is 0. The summed E-state index contributed by atoms with van der Waals surface area (Å²) in [5.41, 5.74) is 9.39. The molecule has 4 nitrogen and oxygen atoms in total. The zero-order valence-corrected chi connectivity index (χ0v) is 10.6. The summed E-state index contributed by atoms with van der Waals surface area (Å²) in [6.45, 7) is 0. The maximum Gasteiger partial charge on any atom is 0.227 e. The van der Waals surface area contributed by atoms with Crippen molar-refractivity contribution in [3.63, 3.8) is 0 Å². The van der Waals surface area contributed by atoms with Crippen molar-refractivity contribution in [1.29, 1.82) is 0 Å². The first-order valence-corrected chi connectivity index (χ1v) is 5.82. The number of carbonyl (C=O) groups is 1. The fourth-order valence-corrected chi connectivity index (χ4v) is 2.16. The smallest absolute Gasteiger partial charge is 0.227 e. The van der Waals surface area contributed by atoms with Crippen molar-refractivity contribution in [2.24, 2.45) is 5.73 Å². The van der Waals surface area contributed by atoms with Gasteiger partial charge in [-0.1, -0.05) is 12.1 Å². The second-order valence-electron chi connectivity index (χ2n) is 4.75. The van der Waals surface area contributed by atoms with Crippen LogP contribution in [0.5, 0.6) is 0 Å². The number of hydrogen-bond acceptors (Lipinski definition) is 3. The lowest BCUT2D eigenvalue weighted by Gasteiger charge is -2.28. The van der Waals surface area contributed by atoms with Gasteiger partial charge < -0.3 is 10.6 Å². The first-order valence-electron chi connectivity index (χ1n) is 5.82. The number of hydrogen-bond donors (Lipinski definition) is 1. The van der Waals surface area contributed by atoms with Gasteiger partial charge in [0.2, 0.25) is 5.91 Å². The highest BCUT2D eigenvalue weighted by molar-refractivity contribution is 5.95. The Balaban J connectivity index is 2.35. The van der Waals surface area contributed by atoms with E-state index in [0.717, 1.165) is 17.7 Å². The predicted molar refractivity (Wildman–Crippen MR) is 68.8 cm³/mol. The van der Waals surface area contributed by atoms with Crippen molar-refractivity contribution < 1.29 is 4.79 Å². The molecule has 17 heavy (non-hydrogen) atoms. The topological polar surface area (TPSA) is 49.6 Å². The third-order valence-electron chi connectivity index (χ3n) is 3.35. The molecular formula is C13H19N3O. The summed E-state index contributed by atoms with van der Waals surface area (Å²) in [6.07, 6.45) is 1.31. The Morgan fingerprint density at radius 3 is 2.71 bits per heavy atom.